The van der Waals surface area contributed by atoms with Gasteiger partial charge in [-0.15, -0.1) is 0 Å². The summed E-state index contributed by atoms with van der Waals surface area (Å²) in [4.78, 5) is 24.2. The van der Waals surface area contributed by atoms with Crippen LogP contribution in [0, 0.1) is 11.8 Å². The molecule has 0 bridgehead atoms. The Morgan fingerprint density at radius 1 is 1.12 bits per heavy atom. The van der Waals surface area contributed by atoms with E-state index >= 15 is 0 Å². The number of aliphatic hydroxyl groups is 5. The number of benzene rings is 1. The fourth-order valence-corrected chi connectivity index (χ4v) is 4.78. The molecule has 0 spiro atoms. The minimum absolute atomic E-state index is 0.0861. The third-order valence-electron chi connectivity index (χ3n) is 6.96. The van der Waals surface area contributed by atoms with Crippen molar-refractivity contribution in [2.24, 2.45) is 11.8 Å². The van der Waals surface area contributed by atoms with Crippen molar-refractivity contribution in [2.45, 2.75) is 42.6 Å². The molecule has 2 heterocycles. The standard InChI is InChI=1S/C26H30O14/c1-36-16-8-12(2-4-15(16)28)3-5-18(29)38-11-26(35)7-6-13-14(23(33)34)10-37-24(19(13)26)40-25-22(32)21(31)20(30)17(9-27)39-25/h2-8,10,13,17,19-22,24-25,27-28,30-32,35H,9,11H2,1H3,(H,33,34). The van der Waals surface area contributed by atoms with E-state index in [1.165, 1.54) is 43.5 Å². The van der Waals surface area contributed by atoms with Crippen LogP contribution >= 0.6 is 0 Å². The van der Waals surface area contributed by atoms with Crippen molar-refractivity contribution in [3.63, 3.8) is 0 Å². The van der Waals surface area contributed by atoms with Gasteiger partial charge in [-0.3, -0.25) is 0 Å². The van der Waals surface area contributed by atoms with Gasteiger partial charge in [0, 0.05) is 12.0 Å². The molecule has 40 heavy (non-hydrogen) atoms. The number of carbonyl (C=O) groups is 2. The lowest BCUT2D eigenvalue weighted by atomic mass is 9.79. The summed E-state index contributed by atoms with van der Waals surface area (Å²) in [7, 11) is 1.37. The highest BCUT2D eigenvalue weighted by Crippen LogP contribution is 2.46. The van der Waals surface area contributed by atoms with Crippen LogP contribution in [0.15, 0.2) is 48.3 Å². The predicted molar refractivity (Wildman–Crippen MR) is 131 cm³/mol. The second-order valence-corrected chi connectivity index (χ2v) is 9.49. The lowest BCUT2D eigenvalue weighted by Gasteiger charge is -2.44. The maximum atomic E-state index is 12.4. The van der Waals surface area contributed by atoms with Crippen LogP contribution in [-0.2, 0) is 28.5 Å². The molecule has 7 N–H and O–H groups in total. The first-order chi connectivity index (χ1) is 19.0. The van der Waals surface area contributed by atoms with Crippen LogP contribution in [0.25, 0.3) is 6.08 Å². The van der Waals surface area contributed by atoms with Crippen LogP contribution in [0.1, 0.15) is 5.56 Å². The number of phenolic OH excluding ortho intramolecular Hbond substituents is 1. The number of carboxylic acids is 1. The first kappa shape index (κ1) is 29.5. The average molecular weight is 567 g/mol. The lowest BCUT2D eigenvalue weighted by Crippen LogP contribution is -2.61. The van der Waals surface area contributed by atoms with Crippen molar-refractivity contribution < 1.29 is 69.0 Å². The Kier molecular flexibility index (Phi) is 8.80. The van der Waals surface area contributed by atoms with E-state index in [0.29, 0.717) is 5.56 Å². The van der Waals surface area contributed by atoms with Crippen molar-refractivity contribution in [3.8, 4) is 11.5 Å². The summed E-state index contributed by atoms with van der Waals surface area (Å²) in [6.45, 7) is -1.35. The van der Waals surface area contributed by atoms with Crippen molar-refractivity contribution in [3.05, 3.63) is 53.8 Å². The van der Waals surface area contributed by atoms with Crippen LogP contribution in [-0.4, -0.2) is 111 Å². The molecule has 9 unspecified atom stereocenters. The number of allylic oxidation sites excluding steroid dienone is 1. The fraction of sp³-hybridized carbons (Fsp3) is 0.462. The Labute approximate surface area is 227 Å². The van der Waals surface area contributed by atoms with Gasteiger partial charge in [0.2, 0.25) is 6.29 Å². The predicted octanol–water partition coefficient (Wildman–Crippen LogP) is -1.37. The van der Waals surface area contributed by atoms with Crippen LogP contribution in [0.5, 0.6) is 11.5 Å². The van der Waals surface area contributed by atoms with Gasteiger partial charge in [0.25, 0.3) is 0 Å². The molecule has 4 rings (SSSR count). The summed E-state index contributed by atoms with van der Waals surface area (Å²) < 4.78 is 26.7. The fourth-order valence-electron chi connectivity index (χ4n) is 4.78. The average Bonchev–Trinajstić information content (AvgIpc) is 3.29. The number of hydrogen-bond donors (Lipinski definition) is 7. The highest BCUT2D eigenvalue weighted by atomic mass is 16.8. The van der Waals surface area contributed by atoms with Crippen LogP contribution in [0.4, 0.5) is 0 Å². The monoisotopic (exact) mass is 566 g/mol. The van der Waals surface area contributed by atoms with Gasteiger partial charge in [-0.05, 0) is 23.8 Å². The van der Waals surface area contributed by atoms with Gasteiger partial charge in [-0.25, -0.2) is 9.59 Å². The molecule has 0 radical (unpaired) electrons. The number of hydrogen-bond acceptors (Lipinski definition) is 13. The van der Waals surface area contributed by atoms with Crippen molar-refractivity contribution >= 4 is 18.0 Å². The third-order valence-corrected chi connectivity index (χ3v) is 6.96. The number of rotatable bonds is 9. The minimum Gasteiger partial charge on any atom is -0.504 e. The number of carboxylic acid groups (broad SMARTS) is 1. The minimum atomic E-state index is -2.00. The summed E-state index contributed by atoms with van der Waals surface area (Å²) in [6.07, 6.45) is -3.55. The molecule has 1 aromatic carbocycles. The molecule has 14 heteroatoms. The molecule has 14 nitrogen and oxygen atoms in total. The van der Waals surface area contributed by atoms with E-state index < -0.39 is 79.6 Å². The van der Waals surface area contributed by atoms with E-state index in [4.69, 9.17) is 23.7 Å². The molecular weight excluding hydrogens is 536 g/mol. The highest BCUT2D eigenvalue weighted by molar-refractivity contribution is 5.88. The number of aromatic hydroxyl groups is 1. The smallest absolute Gasteiger partial charge is 0.335 e. The van der Waals surface area contributed by atoms with E-state index in [1.807, 2.05) is 0 Å². The Morgan fingerprint density at radius 3 is 2.55 bits per heavy atom. The number of aliphatic hydroxyl groups excluding tert-OH is 4. The van der Waals surface area contributed by atoms with Gasteiger partial charge in [-0.1, -0.05) is 18.2 Å². The SMILES string of the molecule is COc1cc(C=CC(=O)OCC2(O)C=CC3C(C(=O)O)=COC(OC4OC(CO)C(O)C(O)C4O)C32)ccc1O. The van der Waals surface area contributed by atoms with E-state index in [0.717, 1.165) is 12.3 Å². The van der Waals surface area contributed by atoms with E-state index in [2.05, 4.69) is 0 Å². The van der Waals surface area contributed by atoms with Gasteiger partial charge in [0.05, 0.1) is 31.5 Å². The number of aliphatic carboxylic acids is 1. The summed E-state index contributed by atoms with van der Waals surface area (Å²) in [5, 5.41) is 70.6. The molecule has 1 saturated heterocycles. The van der Waals surface area contributed by atoms with Gasteiger partial charge < -0.3 is 59.4 Å². The van der Waals surface area contributed by atoms with Crippen LogP contribution in [0.2, 0.25) is 0 Å². The lowest BCUT2D eigenvalue weighted by molar-refractivity contribution is -0.346. The quantitative estimate of drug-likeness (QED) is 0.104. The molecule has 1 aliphatic carbocycles. The molecule has 1 aromatic rings. The molecule has 0 aromatic heterocycles. The molecule has 2 aliphatic heterocycles. The first-order valence-corrected chi connectivity index (χ1v) is 12.2. The number of ether oxygens (including phenoxy) is 5. The molecule has 218 valence electrons. The Bertz CT molecular complexity index is 1190. The summed E-state index contributed by atoms with van der Waals surface area (Å²) in [5.41, 5.74) is -1.71. The largest absolute Gasteiger partial charge is 0.504 e. The summed E-state index contributed by atoms with van der Waals surface area (Å²) in [5.74, 6) is -4.26. The van der Waals surface area contributed by atoms with Gasteiger partial charge in [0.1, 0.15) is 36.6 Å². The zero-order valence-electron chi connectivity index (χ0n) is 21.1. The second kappa shape index (κ2) is 11.9. The number of phenols is 1. The van der Waals surface area contributed by atoms with E-state index in [9.17, 15) is 45.3 Å². The topological polar surface area (TPSA) is 222 Å². The molecule has 0 saturated carbocycles. The van der Waals surface area contributed by atoms with Crippen molar-refractivity contribution in [2.75, 3.05) is 20.3 Å². The first-order valence-electron chi connectivity index (χ1n) is 12.2. The number of carbonyl (C=O) groups excluding carboxylic acids is 1. The zero-order valence-corrected chi connectivity index (χ0v) is 21.1. The molecule has 9 atom stereocenters. The third kappa shape index (κ3) is 5.83. The Balaban J connectivity index is 1.49. The van der Waals surface area contributed by atoms with Gasteiger partial charge in [0.15, 0.2) is 17.8 Å². The van der Waals surface area contributed by atoms with Crippen molar-refractivity contribution in [1.29, 1.82) is 0 Å². The van der Waals surface area contributed by atoms with E-state index in [-0.39, 0.29) is 17.1 Å². The van der Waals surface area contributed by atoms with Crippen molar-refractivity contribution in [1.82, 2.24) is 0 Å². The number of methoxy groups -OCH3 is 1. The normalized spacial score (nSPS) is 35.1. The summed E-state index contributed by atoms with van der Waals surface area (Å²) >= 11 is 0. The highest BCUT2D eigenvalue weighted by Gasteiger charge is 2.56. The van der Waals surface area contributed by atoms with E-state index in [1.54, 1.807) is 0 Å². The van der Waals surface area contributed by atoms with Gasteiger partial charge in [-0.2, -0.15) is 0 Å². The zero-order chi connectivity index (χ0) is 29.2. The molecule has 0 amide bonds. The molecular formula is C26H30O14. The molecule has 1 fully saturated rings. The summed E-state index contributed by atoms with van der Waals surface area (Å²) in [6, 6.07) is 4.39. The Morgan fingerprint density at radius 2 is 1.88 bits per heavy atom. The van der Waals surface area contributed by atoms with Gasteiger partial charge >= 0.3 is 11.9 Å². The number of esters is 1. The molecule has 3 aliphatic rings. The van der Waals surface area contributed by atoms with Crippen LogP contribution in [0.3, 0.4) is 0 Å². The Hall–Kier alpha value is -3.50. The second-order valence-electron chi connectivity index (χ2n) is 9.49. The maximum Gasteiger partial charge on any atom is 0.335 e. The maximum absolute atomic E-state index is 12.4. The van der Waals surface area contributed by atoms with Crippen LogP contribution < -0.4 is 4.74 Å². The number of fused-ring (bicyclic) bond motifs is 1.